The number of carbonyl (C=O) groups is 1. The van der Waals surface area contributed by atoms with Gasteiger partial charge >= 0.3 is 0 Å². The number of hydrogen-bond acceptors (Lipinski definition) is 4. The van der Waals surface area contributed by atoms with E-state index in [2.05, 4.69) is 0 Å². The molecular formula is C18H16O4. The van der Waals surface area contributed by atoms with E-state index in [-0.39, 0.29) is 0 Å². The van der Waals surface area contributed by atoms with Crippen molar-refractivity contribution in [2.45, 2.75) is 6.61 Å². The van der Waals surface area contributed by atoms with E-state index >= 15 is 0 Å². The molecule has 2 aromatic rings. The van der Waals surface area contributed by atoms with E-state index in [1.807, 2.05) is 48.5 Å². The summed E-state index contributed by atoms with van der Waals surface area (Å²) in [5.74, 6) is 2.24. The summed E-state index contributed by atoms with van der Waals surface area (Å²) < 4.78 is 16.7. The maximum Gasteiger partial charge on any atom is 0.149 e. The Balaban J connectivity index is 1.74. The molecule has 1 heterocycles. The molecule has 1 aliphatic rings. The van der Waals surface area contributed by atoms with E-state index < -0.39 is 0 Å². The molecule has 1 aliphatic heterocycles. The maximum atomic E-state index is 10.8. The Labute approximate surface area is 128 Å². The number of carbonyl (C=O) groups excluding carboxylic acids is 1. The third kappa shape index (κ3) is 2.96. The van der Waals surface area contributed by atoms with Crippen molar-refractivity contribution in [1.29, 1.82) is 0 Å². The van der Waals surface area contributed by atoms with Crippen LogP contribution in [0, 0.1) is 0 Å². The van der Waals surface area contributed by atoms with Crippen LogP contribution in [0.2, 0.25) is 0 Å². The molecule has 0 saturated carbocycles. The van der Waals surface area contributed by atoms with E-state index in [9.17, 15) is 4.79 Å². The van der Waals surface area contributed by atoms with Crippen LogP contribution in [0.1, 0.15) is 11.1 Å². The van der Waals surface area contributed by atoms with Gasteiger partial charge in [-0.2, -0.15) is 0 Å². The number of benzene rings is 2. The summed E-state index contributed by atoms with van der Waals surface area (Å²) in [6, 6.07) is 13.3. The highest BCUT2D eigenvalue weighted by atomic mass is 16.5. The van der Waals surface area contributed by atoms with Crippen LogP contribution in [0.5, 0.6) is 17.2 Å². The van der Waals surface area contributed by atoms with Crippen molar-refractivity contribution in [2.75, 3.05) is 13.7 Å². The Kier molecular flexibility index (Phi) is 4.10. The number of para-hydroxylation sites is 1. The Morgan fingerprint density at radius 3 is 2.91 bits per heavy atom. The Morgan fingerprint density at radius 2 is 2.09 bits per heavy atom. The van der Waals surface area contributed by atoms with Gasteiger partial charge in [0.15, 0.2) is 0 Å². The quantitative estimate of drug-likeness (QED) is 0.795. The van der Waals surface area contributed by atoms with E-state index in [1.165, 1.54) is 0 Å². The molecular weight excluding hydrogens is 280 g/mol. The van der Waals surface area contributed by atoms with Gasteiger partial charge in [-0.1, -0.05) is 18.2 Å². The first-order chi connectivity index (χ1) is 10.8. The topological polar surface area (TPSA) is 44.8 Å². The third-order valence-electron chi connectivity index (χ3n) is 3.46. The second-order valence-electron chi connectivity index (χ2n) is 4.93. The third-order valence-corrected chi connectivity index (χ3v) is 3.46. The van der Waals surface area contributed by atoms with Crippen molar-refractivity contribution >= 4 is 12.4 Å². The van der Waals surface area contributed by atoms with Crippen LogP contribution < -0.4 is 14.2 Å². The van der Waals surface area contributed by atoms with E-state index in [0.717, 1.165) is 28.9 Å². The van der Waals surface area contributed by atoms with Gasteiger partial charge in [0.2, 0.25) is 0 Å². The number of rotatable bonds is 5. The van der Waals surface area contributed by atoms with Gasteiger partial charge < -0.3 is 14.2 Å². The van der Waals surface area contributed by atoms with Gasteiger partial charge in [-0.05, 0) is 24.3 Å². The summed E-state index contributed by atoms with van der Waals surface area (Å²) in [7, 11) is 1.64. The second kappa shape index (κ2) is 6.35. The van der Waals surface area contributed by atoms with Crippen molar-refractivity contribution in [3.8, 4) is 17.2 Å². The zero-order valence-electron chi connectivity index (χ0n) is 12.2. The molecule has 0 N–H and O–H groups in total. The van der Waals surface area contributed by atoms with Crippen LogP contribution >= 0.6 is 0 Å². The SMILES string of the molecule is COc1ccccc1COc1ccc2c(c1)OCC(C=O)=C2. The first-order valence-corrected chi connectivity index (χ1v) is 6.97. The second-order valence-corrected chi connectivity index (χ2v) is 4.93. The van der Waals surface area contributed by atoms with Gasteiger partial charge in [0.25, 0.3) is 0 Å². The standard InChI is InChI=1S/C18H16O4/c1-20-17-5-3-2-4-15(17)12-21-16-7-6-14-8-13(10-19)11-22-18(14)9-16/h2-10H,11-12H2,1H3. The molecule has 2 aromatic carbocycles. The van der Waals surface area contributed by atoms with Crippen LogP contribution in [-0.4, -0.2) is 20.0 Å². The lowest BCUT2D eigenvalue weighted by Crippen LogP contribution is -2.08. The minimum Gasteiger partial charge on any atom is -0.496 e. The van der Waals surface area contributed by atoms with Crippen molar-refractivity contribution in [1.82, 2.24) is 0 Å². The predicted molar refractivity (Wildman–Crippen MR) is 83.3 cm³/mol. The Hall–Kier alpha value is -2.75. The molecule has 3 rings (SSSR count). The first-order valence-electron chi connectivity index (χ1n) is 6.97. The fraction of sp³-hybridized carbons (Fsp3) is 0.167. The van der Waals surface area contributed by atoms with Crippen LogP contribution in [0.15, 0.2) is 48.0 Å². The highest BCUT2D eigenvalue weighted by Gasteiger charge is 2.12. The van der Waals surface area contributed by atoms with Crippen LogP contribution in [0.4, 0.5) is 0 Å². The molecule has 4 heteroatoms. The zero-order chi connectivity index (χ0) is 15.4. The van der Waals surface area contributed by atoms with Gasteiger partial charge in [0, 0.05) is 22.8 Å². The van der Waals surface area contributed by atoms with Crippen molar-refractivity contribution in [3.05, 3.63) is 59.2 Å². The monoisotopic (exact) mass is 296 g/mol. The van der Waals surface area contributed by atoms with Gasteiger partial charge in [-0.25, -0.2) is 0 Å². The molecule has 22 heavy (non-hydrogen) atoms. The normalized spacial score (nSPS) is 12.7. The van der Waals surface area contributed by atoms with Crippen molar-refractivity contribution in [2.24, 2.45) is 0 Å². The van der Waals surface area contributed by atoms with Crippen LogP contribution in [0.25, 0.3) is 6.08 Å². The smallest absolute Gasteiger partial charge is 0.149 e. The molecule has 0 amide bonds. The van der Waals surface area contributed by atoms with E-state index in [1.54, 1.807) is 7.11 Å². The van der Waals surface area contributed by atoms with Gasteiger partial charge in [-0.15, -0.1) is 0 Å². The molecule has 0 aliphatic carbocycles. The lowest BCUT2D eigenvalue weighted by atomic mass is 10.1. The lowest BCUT2D eigenvalue weighted by molar-refractivity contribution is -0.105. The maximum absolute atomic E-state index is 10.8. The van der Waals surface area contributed by atoms with Gasteiger partial charge in [0.1, 0.15) is 36.7 Å². The van der Waals surface area contributed by atoms with Crippen LogP contribution in [-0.2, 0) is 11.4 Å². The summed E-state index contributed by atoms with van der Waals surface area (Å²) in [6.07, 6.45) is 2.64. The predicted octanol–water partition coefficient (Wildman–Crippen LogP) is 3.25. The highest BCUT2D eigenvalue weighted by molar-refractivity contribution is 5.84. The minimum absolute atomic E-state index is 0.298. The number of aldehydes is 1. The molecule has 0 unspecified atom stereocenters. The number of methoxy groups -OCH3 is 1. The molecule has 0 fully saturated rings. The number of ether oxygens (including phenoxy) is 3. The molecule has 0 spiro atoms. The van der Waals surface area contributed by atoms with Crippen molar-refractivity contribution < 1.29 is 19.0 Å². The largest absolute Gasteiger partial charge is 0.496 e. The van der Waals surface area contributed by atoms with Gasteiger partial charge in [0.05, 0.1) is 7.11 Å². The Morgan fingerprint density at radius 1 is 1.23 bits per heavy atom. The summed E-state index contributed by atoms with van der Waals surface area (Å²) in [6.45, 7) is 0.713. The molecule has 0 bridgehead atoms. The minimum atomic E-state index is 0.298. The van der Waals surface area contributed by atoms with Crippen LogP contribution in [0.3, 0.4) is 0 Å². The Bertz CT molecular complexity index is 719. The fourth-order valence-corrected chi connectivity index (χ4v) is 2.30. The fourth-order valence-electron chi connectivity index (χ4n) is 2.30. The zero-order valence-corrected chi connectivity index (χ0v) is 12.2. The summed E-state index contributed by atoms with van der Waals surface area (Å²) in [5.41, 5.74) is 2.50. The summed E-state index contributed by atoms with van der Waals surface area (Å²) in [5, 5.41) is 0. The molecule has 0 aromatic heterocycles. The van der Waals surface area contributed by atoms with E-state index in [0.29, 0.717) is 24.5 Å². The number of hydrogen-bond donors (Lipinski definition) is 0. The first kappa shape index (κ1) is 14.2. The summed E-state index contributed by atoms with van der Waals surface area (Å²) >= 11 is 0. The summed E-state index contributed by atoms with van der Waals surface area (Å²) in [4.78, 5) is 10.8. The van der Waals surface area contributed by atoms with Crippen molar-refractivity contribution in [3.63, 3.8) is 0 Å². The lowest BCUT2D eigenvalue weighted by Gasteiger charge is -2.16. The molecule has 112 valence electrons. The number of fused-ring (bicyclic) bond motifs is 1. The molecule has 0 saturated heterocycles. The van der Waals surface area contributed by atoms with Gasteiger partial charge in [-0.3, -0.25) is 4.79 Å². The average Bonchev–Trinajstić information content (AvgIpc) is 2.59. The molecule has 0 atom stereocenters. The highest BCUT2D eigenvalue weighted by Crippen LogP contribution is 2.30. The molecule has 0 radical (unpaired) electrons. The average molecular weight is 296 g/mol. The van der Waals surface area contributed by atoms with E-state index in [4.69, 9.17) is 14.2 Å². The molecule has 4 nitrogen and oxygen atoms in total.